The van der Waals surface area contributed by atoms with Crippen LogP contribution < -0.4 is 0 Å². The van der Waals surface area contributed by atoms with Gasteiger partial charge in [0.05, 0.1) is 18.1 Å². The second kappa shape index (κ2) is 6.99. The molecular formula is C17H21NO8S. The van der Waals surface area contributed by atoms with Crippen molar-refractivity contribution in [2.75, 3.05) is 13.2 Å². The van der Waals surface area contributed by atoms with E-state index in [0.29, 0.717) is 11.5 Å². The van der Waals surface area contributed by atoms with Crippen LogP contribution in [0.5, 0.6) is 0 Å². The molecule has 4 heterocycles. The van der Waals surface area contributed by atoms with Crippen LogP contribution in [0.2, 0.25) is 0 Å². The largest absolute Gasteiger partial charge is 0.509 e. The van der Waals surface area contributed by atoms with Gasteiger partial charge in [0.25, 0.3) is 0 Å². The Balaban J connectivity index is 1.51. The number of β-lactam (4-membered cyclic amide) rings is 1. The van der Waals surface area contributed by atoms with Crippen molar-refractivity contribution < 1.29 is 38.4 Å². The lowest BCUT2D eigenvalue weighted by molar-refractivity contribution is -0.159. The minimum atomic E-state index is -0.803. The van der Waals surface area contributed by atoms with Gasteiger partial charge in [-0.1, -0.05) is 11.8 Å². The van der Waals surface area contributed by atoms with Crippen LogP contribution in [0.3, 0.4) is 0 Å². The molecule has 148 valence electrons. The highest BCUT2D eigenvalue weighted by molar-refractivity contribution is 8.04. The van der Waals surface area contributed by atoms with Crippen molar-refractivity contribution in [1.82, 2.24) is 4.90 Å². The van der Waals surface area contributed by atoms with Crippen LogP contribution >= 0.6 is 11.8 Å². The molecule has 0 aliphatic carbocycles. The Hall–Kier alpha value is -1.78. The monoisotopic (exact) mass is 399 g/mol. The number of aliphatic hydroxyl groups excluding tert-OH is 1. The van der Waals surface area contributed by atoms with Crippen molar-refractivity contribution >= 4 is 29.8 Å². The predicted octanol–water partition coefficient (Wildman–Crippen LogP) is 0.756. The summed E-state index contributed by atoms with van der Waals surface area (Å²) in [5.74, 6) is -1.52. The summed E-state index contributed by atoms with van der Waals surface area (Å²) < 4.78 is 20.8. The van der Waals surface area contributed by atoms with Crippen molar-refractivity contribution in [3.8, 4) is 0 Å². The van der Waals surface area contributed by atoms with E-state index < -0.39 is 36.4 Å². The molecule has 0 aromatic rings. The van der Waals surface area contributed by atoms with Gasteiger partial charge in [0.2, 0.25) is 5.91 Å². The number of rotatable bonds is 5. The van der Waals surface area contributed by atoms with Gasteiger partial charge in [-0.3, -0.25) is 9.69 Å². The highest BCUT2D eigenvalue weighted by atomic mass is 32.2. The van der Waals surface area contributed by atoms with Crippen molar-refractivity contribution in [3.05, 3.63) is 10.6 Å². The Morgan fingerprint density at radius 2 is 2.19 bits per heavy atom. The summed E-state index contributed by atoms with van der Waals surface area (Å²) in [4.78, 5) is 38.5. The Bertz CT molecular complexity index is 701. The van der Waals surface area contributed by atoms with Crippen LogP contribution in [0, 0.1) is 5.92 Å². The average molecular weight is 399 g/mol. The first-order valence-electron chi connectivity index (χ1n) is 8.96. The standard InChI is InChI=1S/C17H21NO8S/c1-7(19)11-14(20)18-12(13(27-15(11)18)9-4-3-5-23-9)16(21)24-6-10-8(2)25-17(22)26-10/h7-11,15,19H,3-6H2,1-2H3/t7-,8+,9-,10-,11+,15-/m1/s1. The highest BCUT2D eigenvalue weighted by Crippen LogP contribution is 2.52. The normalized spacial score (nSPS) is 36.3. The molecule has 0 radical (unpaired) electrons. The van der Waals surface area contributed by atoms with Crippen LogP contribution in [0.1, 0.15) is 26.7 Å². The number of nitrogens with zero attached hydrogens (tertiary/aromatic N) is 1. The molecule has 4 aliphatic heterocycles. The van der Waals surface area contributed by atoms with Gasteiger partial charge in [0.1, 0.15) is 23.8 Å². The number of amides is 1. The van der Waals surface area contributed by atoms with E-state index in [1.807, 2.05) is 0 Å². The number of esters is 1. The fourth-order valence-corrected chi connectivity index (χ4v) is 5.38. The zero-order chi connectivity index (χ0) is 19.3. The van der Waals surface area contributed by atoms with Crippen LogP contribution in [-0.2, 0) is 28.5 Å². The highest BCUT2D eigenvalue weighted by Gasteiger charge is 2.59. The molecule has 1 N–H and O–H groups in total. The van der Waals surface area contributed by atoms with Crippen molar-refractivity contribution in [3.63, 3.8) is 0 Å². The van der Waals surface area contributed by atoms with E-state index in [-0.39, 0.29) is 29.7 Å². The third kappa shape index (κ3) is 3.09. The third-order valence-electron chi connectivity index (χ3n) is 5.17. The average Bonchev–Trinajstić information content (AvgIpc) is 3.29. The Kier molecular flexibility index (Phi) is 4.81. The smallest absolute Gasteiger partial charge is 0.457 e. The number of hydrogen-bond acceptors (Lipinski definition) is 9. The van der Waals surface area contributed by atoms with Gasteiger partial charge in [-0.2, -0.15) is 0 Å². The van der Waals surface area contributed by atoms with Crippen molar-refractivity contribution in [2.45, 2.75) is 56.5 Å². The lowest BCUT2D eigenvalue weighted by Crippen LogP contribution is -2.60. The zero-order valence-electron chi connectivity index (χ0n) is 15.0. The Morgan fingerprint density at radius 1 is 1.41 bits per heavy atom. The van der Waals surface area contributed by atoms with Gasteiger partial charge in [-0.05, 0) is 26.7 Å². The molecule has 0 aromatic carbocycles. The summed E-state index contributed by atoms with van der Waals surface area (Å²) in [5.41, 5.74) is 0.177. The molecule has 0 aromatic heterocycles. The molecular weight excluding hydrogens is 378 g/mol. The molecule has 0 saturated carbocycles. The van der Waals surface area contributed by atoms with E-state index in [1.165, 1.54) is 16.7 Å². The van der Waals surface area contributed by atoms with E-state index in [4.69, 9.17) is 18.9 Å². The molecule has 3 fully saturated rings. The van der Waals surface area contributed by atoms with Gasteiger partial charge in [-0.25, -0.2) is 9.59 Å². The number of carbonyl (C=O) groups is 3. The van der Waals surface area contributed by atoms with Gasteiger partial charge in [-0.15, -0.1) is 0 Å². The number of fused-ring (bicyclic) bond motifs is 1. The summed E-state index contributed by atoms with van der Waals surface area (Å²) in [6.45, 7) is 3.65. The molecule has 0 unspecified atom stereocenters. The van der Waals surface area contributed by atoms with Gasteiger partial charge >= 0.3 is 12.1 Å². The molecule has 9 nitrogen and oxygen atoms in total. The lowest BCUT2D eigenvalue weighted by Gasteiger charge is -2.43. The van der Waals surface area contributed by atoms with E-state index in [0.717, 1.165) is 12.8 Å². The second-order valence-electron chi connectivity index (χ2n) is 7.03. The first-order chi connectivity index (χ1) is 12.9. The lowest BCUT2D eigenvalue weighted by atomic mass is 9.92. The molecule has 0 spiro atoms. The van der Waals surface area contributed by atoms with E-state index in [9.17, 15) is 19.5 Å². The molecule has 1 amide bonds. The Morgan fingerprint density at radius 3 is 2.78 bits per heavy atom. The number of hydrogen-bond donors (Lipinski definition) is 1. The van der Waals surface area contributed by atoms with Gasteiger partial charge < -0.3 is 24.1 Å². The fourth-order valence-electron chi connectivity index (χ4n) is 3.68. The molecule has 10 heteroatoms. The second-order valence-corrected chi connectivity index (χ2v) is 8.18. The molecule has 4 rings (SSSR count). The van der Waals surface area contributed by atoms with Crippen LogP contribution in [0.4, 0.5) is 4.79 Å². The molecule has 4 aliphatic rings. The van der Waals surface area contributed by atoms with Crippen molar-refractivity contribution in [2.24, 2.45) is 5.92 Å². The minimum Gasteiger partial charge on any atom is -0.457 e. The van der Waals surface area contributed by atoms with Gasteiger partial charge in [0.15, 0.2) is 6.10 Å². The maximum absolute atomic E-state index is 12.8. The quantitative estimate of drug-likeness (QED) is 0.529. The first kappa shape index (κ1) is 18.6. The van der Waals surface area contributed by atoms with Crippen LogP contribution in [0.15, 0.2) is 10.6 Å². The maximum atomic E-state index is 12.8. The van der Waals surface area contributed by atoms with Crippen molar-refractivity contribution in [1.29, 1.82) is 0 Å². The number of aliphatic hydroxyl groups is 1. The number of cyclic esters (lactones) is 2. The SMILES string of the molecule is C[C@@H]1OC(=O)O[C@@H]1COC(=O)C1=C([C@H]2CCCO2)S[C@@H]2[C@@H]([C@@H](C)O)C(=O)N12. The molecule has 0 bridgehead atoms. The van der Waals surface area contributed by atoms with E-state index in [2.05, 4.69) is 0 Å². The zero-order valence-corrected chi connectivity index (χ0v) is 15.8. The molecule has 27 heavy (non-hydrogen) atoms. The van der Waals surface area contributed by atoms with E-state index >= 15 is 0 Å². The predicted molar refractivity (Wildman–Crippen MR) is 91.2 cm³/mol. The molecule has 6 atom stereocenters. The van der Waals surface area contributed by atoms with Gasteiger partial charge in [0, 0.05) is 11.5 Å². The minimum absolute atomic E-state index is 0.161. The summed E-state index contributed by atoms with van der Waals surface area (Å²) >= 11 is 1.38. The summed E-state index contributed by atoms with van der Waals surface area (Å²) in [7, 11) is 0. The van der Waals surface area contributed by atoms with E-state index in [1.54, 1.807) is 13.8 Å². The van der Waals surface area contributed by atoms with Crippen LogP contribution in [0.25, 0.3) is 0 Å². The number of carbonyl (C=O) groups excluding carboxylic acids is 3. The first-order valence-corrected chi connectivity index (χ1v) is 9.84. The fraction of sp³-hybridized carbons (Fsp3) is 0.706. The summed E-state index contributed by atoms with van der Waals surface area (Å²) in [6.07, 6.45) is -1.42. The topological polar surface area (TPSA) is 112 Å². The Labute approximate surface area is 159 Å². The third-order valence-corrected chi connectivity index (χ3v) is 6.63. The number of ether oxygens (including phenoxy) is 4. The van der Waals surface area contributed by atoms with Crippen LogP contribution in [-0.4, -0.2) is 71.0 Å². The molecule has 3 saturated heterocycles. The maximum Gasteiger partial charge on any atom is 0.509 e. The summed E-state index contributed by atoms with van der Waals surface area (Å²) in [5, 5.41) is 9.55. The summed E-state index contributed by atoms with van der Waals surface area (Å²) in [6, 6.07) is 0. The number of thioether (sulfide) groups is 1.